The van der Waals surface area contributed by atoms with Crippen LogP contribution >= 0.6 is 0 Å². The number of fused-ring (bicyclic) bond motifs is 2. The predicted molar refractivity (Wildman–Crippen MR) is 219 cm³/mol. The third kappa shape index (κ3) is 8.86. The van der Waals surface area contributed by atoms with Crippen molar-refractivity contribution < 1.29 is 40.9 Å². The number of carbonyl (C=O) groups is 1. The molecule has 2 saturated heterocycles. The average molecular weight is 854 g/mol. The van der Waals surface area contributed by atoms with Gasteiger partial charge in [0, 0.05) is 42.8 Å². The lowest BCUT2D eigenvalue weighted by Gasteiger charge is -2.38. The number of likely N-dealkylation sites (tertiary alicyclic amines) is 1. The van der Waals surface area contributed by atoms with E-state index in [-0.39, 0.29) is 29.5 Å². The first-order valence-corrected chi connectivity index (χ1v) is 22.2. The van der Waals surface area contributed by atoms with E-state index in [1.807, 2.05) is 19.1 Å². The largest absolute Gasteiger partial charge is 0.476 e. The van der Waals surface area contributed by atoms with Crippen LogP contribution in [0.3, 0.4) is 0 Å². The molecule has 60 heavy (non-hydrogen) atoms. The number of hydrogen-bond acceptors (Lipinski definition) is 12. The molecule has 3 aliphatic rings. The topological polar surface area (TPSA) is 151 Å². The number of ether oxygens (including phenoxy) is 4. The highest BCUT2D eigenvalue weighted by atomic mass is 32.2. The maximum Gasteiger partial charge on any atom is 0.313 e. The number of pyridine rings is 3. The first kappa shape index (κ1) is 43.8. The average Bonchev–Trinajstić information content (AvgIpc) is 3.60. The van der Waals surface area contributed by atoms with Gasteiger partial charge in [-0.2, -0.15) is 9.29 Å². The van der Waals surface area contributed by atoms with Crippen LogP contribution in [-0.2, 0) is 30.8 Å². The third-order valence-electron chi connectivity index (χ3n) is 11.9. The highest BCUT2D eigenvalue weighted by Gasteiger charge is 2.47. The van der Waals surface area contributed by atoms with Gasteiger partial charge in [0.05, 0.1) is 37.4 Å². The molecule has 0 N–H and O–H groups in total. The third-order valence-corrected chi connectivity index (χ3v) is 13.7. The number of hydrogen-bond donors (Lipinski definition) is 0. The second kappa shape index (κ2) is 16.9. The van der Waals surface area contributed by atoms with Crippen LogP contribution in [0, 0.1) is 26.2 Å². The van der Waals surface area contributed by atoms with Gasteiger partial charge in [-0.05, 0) is 116 Å². The lowest BCUT2D eigenvalue weighted by atomic mass is 9.71. The second-order valence-corrected chi connectivity index (χ2v) is 19.8. The van der Waals surface area contributed by atoms with E-state index in [1.165, 1.54) is 34.2 Å². The van der Waals surface area contributed by atoms with E-state index in [1.54, 1.807) is 60.6 Å². The molecule has 2 fully saturated rings. The minimum atomic E-state index is -4.22. The molecular formula is C43H57F2N7O7S. The first-order valence-electron chi connectivity index (χ1n) is 20.8. The normalized spacial score (nSPS) is 19.2. The Kier molecular flexibility index (Phi) is 12.3. The van der Waals surface area contributed by atoms with Crippen molar-refractivity contribution in [2.75, 3.05) is 46.0 Å². The Morgan fingerprint density at radius 2 is 1.68 bits per heavy atom. The Bertz CT molecular complexity index is 2340. The van der Waals surface area contributed by atoms with Crippen LogP contribution in [0.5, 0.6) is 11.8 Å². The van der Waals surface area contributed by atoms with Crippen LogP contribution in [0.2, 0.25) is 0 Å². The summed E-state index contributed by atoms with van der Waals surface area (Å²) in [6.07, 6.45) is 3.08. The Balaban J connectivity index is 1.28. The van der Waals surface area contributed by atoms with Gasteiger partial charge in [-0.3, -0.25) is 19.1 Å². The van der Waals surface area contributed by atoms with Crippen LogP contribution in [0.25, 0.3) is 5.65 Å². The summed E-state index contributed by atoms with van der Waals surface area (Å²) in [6, 6.07) is 6.92. The van der Waals surface area contributed by atoms with Gasteiger partial charge in [0.25, 0.3) is 6.43 Å². The maximum absolute atomic E-state index is 14.9. The van der Waals surface area contributed by atoms with Crippen LogP contribution in [0.4, 0.5) is 8.78 Å². The van der Waals surface area contributed by atoms with Gasteiger partial charge in [0.1, 0.15) is 22.7 Å². The molecule has 0 saturated carbocycles. The zero-order chi connectivity index (χ0) is 43.2. The molecule has 4 aromatic heterocycles. The molecular weight excluding hydrogens is 797 g/mol. The molecule has 7 rings (SSSR count). The molecule has 0 bridgehead atoms. The Morgan fingerprint density at radius 3 is 2.37 bits per heavy atom. The van der Waals surface area contributed by atoms with Crippen molar-refractivity contribution in [2.24, 2.45) is 5.41 Å². The SMILES string of the molecule is Cc1ccc(C(c2ccn3c(C(F)F)nnc3c2C)C(C)(C)C(=O)OC(C)(C)C)nc1CN1CC2(CCOCC2)Oc2nc(OCCN3CCCCC3)c(C)cc2S1(=O)=O. The first-order chi connectivity index (χ1) is 28.3. The highest BCUT2D eigenvalue weighted by Crippen LogP contribution is 2.45. The van der Waals surface area contributed by atoms with E-state index >= 15 is 0 Å². The summed E-state index contributed by atoms with van der Waals surface area (Å²) in [5.74, 6) is -1.43. The van der Waals surface area contributed by atoms with Gasteiger partial charge >= 0.3 is 5.97 Å². The molecule has 0 amide bonds. The van der Waals surface area contributed by atoms with Gasteiger partial charge in [0.15, 0.2) is 5.65 Å². The fraction of sp³-hybridized carbons (Fsp3) is 0.605. The summed E-state index contributed by atoms with van der Waals surface area (Å²) >= 11 is 0. The molecule has 326 valence electrons. The molecule has 0 aromatic carbocycles. The minimum Gasteiger partial charge on any atom is -0.476 e. The molecule has 0 aliphatic carbocycles. The Morgan fingerprint density at radius 1 is 0.967 bits per heavy atom. The van der Waals surface area contributed by atoms with Gasteiger partial charge < -0.3 is 18.9 Å². The number of aromatic nitrogens is 5. The van der Waals surface area contributed by atoms with Crippen LogP contribution in [0.15, 0.2) is 35.4 Å². The van der Waals surface area contributed by atoms with E-state index in [0.29, 0.717) is 66.6 Å². The van der Waals surface area contributed by atoms with Crippen molar-refractivity contribution in [3.05, 3.63) is 69.9 Å². The second-order valence-electron chi connectivity index (χ2n) is 17.9. The number of esters is 1. The van der Waals surface area contributed by atoms with Crippen LogP contribution in [0.1, 0.15) is 119 Å². The van der Waals surface area contributed by atoms with Crippen molar-refractivity contribution in [2.45, 2.75) is 122 Å². The van der Waals surface area contributed by atoms with E-state index in [4.69, 9.17) is 28.9 Å². The number of sulfonamides is 1. The summed E-state index contributed by atoms with van der Waals surface area (Å²) in [4.78, 5) is 26.3. The molecule has 1 spiro atoms. The van der Waals surface area contributed by atoms with Crippen molar-refractivity contribution in [3.63, 3.8) is 0 Å². The van der Waals surface area contributed by atoms with E-state index in [9.17, 15) is 22.0 Å². The molecule has 1 atom stereocenters. The van der Waals surface area contributed by atoms with Crippen molar-refractivity contribution in [1.82, 2.24) is 33.8 Å². The van der Waals surface area contributed by atoms with E-state index in [2.05, 4.69) is 15.1 Å². The van der Waals surface area contributed by atoms with E-state index < -0.39 is 50.8 Å². The van der Waals surface area contributed by atoms with Crippen molar-refractivity contribution in [1.29, 1.82) is 0 Å². The molecule has 17 heteroatoms. The number of alkyl halides is 2. The Hall–Kier alpha value is -4.32. The van der Waals surface area contributed by atoms with Gasteiger partial charge in [0.2, 0.25) is 27.6 Å². The summed E-state index contributed by atoms with van der Waals surface area (Å²) in [5, 5.41) is 7.83. The van der Waals surface area contributed by atoms with Gasteiger partial charge in [-0.15, -0.1) is 10.2 Å². The number of halogens is 2. The van der Waals surface area contributed by atoms with E-state index in [0.717, 1.165) is 25.2 Å². The fourth-order valence-corrected chi connectivity index (χ4v) is 10.0. The van der Waals surface area contributed by atoms with Crippen LogP contribution < -0.4 is 9.47 Å². The number of aryl methyl sites for hydroxylation is 3. The number of nitrogens with zero attached hydrogens (tertiary/aromatic N) is 7. The summed E-state index contributed by atoms with van der Waals surface area (Å²) in [6.45, 7) is 18.2. The lowest BCUT2D eigenvalue weighted by molar-refractivity contribution is -0.166. The zero-order valence-electron chi connectivity index (χ0n) is 35.9. The summed E-state index contributed by atoms with van der Waals surface area (Å²) in [7, 11) is -4.22. The van der Waals surface area contributed by atoms with Crippen molar-refractivity contribution in [3.8, 4) is 11.8 Å². The quantitative estimate of drug-likeness (QED) is 0.145. The zero-order valence-corrected chi connectivity index (χ0v) is 36.7. The summed E-state index contributed by atoms with van der Waals surface area (Å²) in [5.41, 5.74) is 0.589. The van der Waals surface area contributed by atoms with Gasteiger partial charge in [-0.1, -0.05) is 12.5 Å². The maximum atomic E-state index is 14.9. The molecule has 3 aliphatic heterocycles. The van der Waals surface area contributed by atoms with Crippen molar-refractivity contribution >= 4 is 21.6 Å². The number of rotatable bonds is 11. The van der Waals surface area contributed by atoms with Crippen LogP contribution in [-0.4, -0.2) is 105 Å². The molecule has 14 nitrogen and oxygen atoms in total. The van der Waals surface area contributed by atoms with Gasteiger partial charge in [-0.25, -0.2) is 17.2 Å². The summed E-state index contributed by atoms with van der Waals surface area (Å²) < 4.78 is 84.6. The predicted octanol–water partition coefficient (Wildman–Crippen LogP) is 6.88. The monoisotopic (exact) mass is 853 g/mol. The molecule has 4 aromatic rings. The fourth-order valence-electron chi connectivity index (χ4n) is 8.44. The standard InChI is InChI=1S/C43H57F2N7O7S/c1-27-12-13-31(34(42(7,8)40(53)59-41(4,5)6)30-14-19-52-36(29(30)3)48-49-37(52)35(44)45)46-32(27)25-51-26-43(15-21-56-22-16-43)58-39-33(60(51,54)55)24-28(2)38(47-39)57-23-20-50-17-10-9-11-18-50/h12-14,19,24,34-35H,9-11,15-18,20-23,25-26H2,1-8H3. The molecule has 0 radical (unpaired) electrons. The lowest BCUT2D eigenvalue weighted by Crippen LogP contribution is -2.50. The smallest absolute Gasteiger partial charge is 0.313 e. The highest BCUT2D eigenvalue weighted by molar-refractivity contribution is 7.89. The molecule has 7 heterocycles. The minimum absolute atomic E-state index is 0.00456. The number of carbonyl (C=O) groups excluding carboxylic acids is 1. The molecule has 1 unspecified atom stereocenters. The Labute approximate surface area is 351 Å². The number of piperidine rings is 1.